The first-order valence-corrected chi connectivity index (χ1v) is 7.90. The van der Waals surface area contributed by atoms with E-state index in [0.29, 0.717) is 0 Å². The second kappa shape index (κ2) is 5.40. The van der Waals surface area contributed by atoms with Gasteiger partial charge in [0.25, 0.3) is 0 Å². The molecule has 116 valence electrons. The van der Waals surface area contributed by atoms with Crippen LogP contribution in [0.1, 0.15) is 17.9 Å². The van der Waals surface area contributed by atoms with Crippen molar-refractivity contribution in [3.8, 4) is 12.3 Å². The van der Waals surface area contributed by atoms with Crippen LogP contribution in [0.3, 0.4) is 0 Å². The highest BCUT2D eigenvalue weighted by molar-refractivity contribution is 5.84. The summed E-state index contributed by atoms with van der Waals surface area (Å²) >= 11 is 0. The molecule has 4 rings (SSSR count). The predicted octanol–water partition coefficient (Wildman–Crippen LogP) is 3.14. The molecule has 1 saturated heterocycles. The minimum Gasteiger partial charge on any atom is -0.452 e. The second-order valence-corrected chi connectivity index (χ2v) is 6.56. The molecule has 2 fully saturated rings. The van der Waals surface area contributed by atoms with Crippen LogP contribution in [0, 0.1) is 23.7 Å². The van der Waals surface area contributed by atoms with E-state index in [1.54, 1.807) is 0 Å². The van der Waals surface area contributed by atoms with Gasteiger partial charge in [0, 0.05) is 11.3 Å². The Morgan fingerprint density at radius 3 is 2.74 bits per heavy atom. The molecule has 2 atom stereocenters. The van der Waals surface area contributed by atoms with Gasteiger partial charge >= 0.3 is 5.97 Å². The quantitative estimate of drug-likeness (QED) is 0.645. The SMILES string of the molecule is C#CCOC(=O)C1CC2(COC2)C1c1ccc2ccccc2c1. The Bertz CT molecular complexity index is 798. The fourth-order valence-electron chi connectivity index (χ4n) is 4.04. The molecule has 23 heavy (non-hydrogen) atoms. The summed E-state index contributed by atoms with van der Waals surface area (Å²) in [5, 5.41) is 2.41. The number of hydrogen-bond donors (Lipinski definition) is 0. The van der Waals surface area contributed by atoms with Gasteiger partial charge in [0.15, 0.2) is 6.61 Å². The zero-order chi connectivity index (χ0) is 15.9. The first-order chi connectivity index (χ1) is 11.2. The summed E-state index contributed by atoms with van der Waals surface area (Å²) in [6.07, 6.45) is 6.02. The van der Waals surface area contributed by atoms with Crippen LogP contribution in [0.15, 0.2) is 42.5 Å². The Morgan fingerprint density at radius 2 is 2.04 bits per heavy atom. The normalized spacial score (nSPS) is 24.5. The van der Waals surface area contributed by atoms with E-state index in [1.165, 1.54) is 16.3 Å². The molecule has 2 aliphatic rings. The molecule has 1 heterocycles. The van der Waals surface area contributed by atoms with E-state index in [0.717, 1.165) is 19.6 Å². The van der Waals surface area contributed by atoms with Crippen LogP contribution < -0.4 is 0 Å². The first-order valence-electron chi connectivity index (χ1n) is 7.90. The molecule has 0 radical (unpaired) electrons. The standard InChI is InChI=1S/C20H18O3/c1-2-9-23-19(21)17-11-20(12-22-13-20)18(17)16-8-7-14-5-3-4-6-15(14)10-16/h1,3-8,10,17-18H,9,11-13H2. The summed E-state index contributed by atoms with van der Waals surface area (Å²) in [6.45, 7) is 1.50. The van der Waals surface area contributed by atoms with E-state index in [1.807, 2.05) is 12.1 Å². The maximum Gasteiger partial charge on any atom is 0.310 e. The lowest BCUT2D eigenvalue weighted by Gasteiger charge is -2.58. The number of hydrogen-bond acceptors (Lipinski definition) is 3. The number of esters is 1. The van der Waals surface area contributed by atoms with Gasteiger partial charge in [0.1, 0.15) is 0 Å². The smallest absolute Gasteiger partial charge is 0.310 e. The van der Waals surface area contributed by atoms with E-state index < -0.39 is 0 Å². The van der Waals surface area contributed by atoms with Crippen LogP contribution in [-0.2, 0) is 14.3 Å². The van der Waals surface area contributed by atoms with E-state index in [9.17, 15) is 4.79 Å². The summed E-state index contributed by atoms with van der Waals surface area (Å²) in [5.74, 6) is 2.22. The molecule has 2 aromatic rings. The van der Waals surface area contributed by atoms with Gasteiger partial charge in [-0.05, 0) is 22.8 Å². The monoisotopic (exact) mass is 306 g/mol. The minimum atomic E-state index is -0.182. The lowest BCUT2D eigenvalue weighted by atomic mass is 9.50. The van der Waals surface area contributed by atoms with E-state index in [2.05, 4.69) is 36.3 Å². The first kappa shape index (κ1) is 14.3. The zero-order valence-corrected chi connectivity index (χ0v) is 12.8. The minimum absolute atomic E-state index is 0.0449. The third-order valence-electron chi connectivity index (χ3n) is 5.20. The number of rotatable bonds is 3. The highest BCUT2D eigenvalue weighted by atomic mass is 16.5. The highest BCUT2D eigenvalue weighted by Crippen LogP contribution is 2.61. The fourth-order valence-corrected chi connectivity index (χ4v) is 4.04. The molecule has 0 aromatic heterocycles. The molecular formula is C20H18O3. The average molecular weight is 306 g/mol. The molecule has 1 aliphatic carbocycles. The van der Waals surface area contributed by atoms with Crippen molar-refractivity contribution in [1.29, 1.82) is 0 Å². The van der Waals surface area contributed by atoms with Crippen LogP contribution >= 0.6 is 0 Å². The van der Waals surface area contributed by atoms with Crippen molar-refractivity contribution in [2.75, 3.05) is 19.8 Å². The molecule has 2 aromatic carbocycles. The summed E-state index contributed by atoms with van der Waals surface area (Å²) in [7, 11) is 0. The number of fused-ring (bicyclic) bond motifs is 1. The number of benzene rings is 2. The molecule has 2 unspecified atom stereocenters. The van der Waals surface area contributed by atoms with Gasteiger partial charge in [-0.25, -0.2) is 0 Å². The van der Waals surface area contributed by atoms with Crippen LogP contribution in [0.25, 0.3) is 10.8 Å². The Morgan fingerprint density at radius 1 is 1.26 bits per heavy atom. The van der Waals surface area contributed by atoms with Crippen LogP contribution in [-0.4, -0.2) is 25.8 Å². The Labute approximate surface area is 135 Å². The maximum atomic E-state index is 12.3. The van der Waals surface area contributed by atoms with Gasteiger partial charge in [-0.15, -0.1) is 6.42 Å². The molecular weight excluding hydrogens is 288 g/mol. The highest BCUT2D eigenvalue weighted by Gasteiger charge is 2.61. The summed E-state index contributed by atoms with van der Waals surface area (Å²) in [5.41, 5.74) is 1.29. The topological polar surface area (TPSA) is 35.5 Å². The maximum absolute atomic E-state index is 12.3. The molecule has 0 N–H and O–H groups in total. The van der Waals surface area contributed by atoms with Crippen LogP contribution in [0.4, 0.5) is 0 Å². The molecule has 3 heteroatoms. The van der Waals surface area contributed by atoms with E-state index in [-0.39, 0.29) is 29.8 Å². The lowest BCUT2D eigenvalue weighted by molar-refractivity contribution is -0.207. The van der Waals surface area contributed by atoms with Gasteiger partial charge in [0.05, 0.1) is 19.1 Å². The number of carbonyl (C=O) groups excluding carboxylic acids is 1. The summed E-state index contributed by atoms with van der Waals surface area (Å²) in [6, 6.07) is 14.7. The third kappa shape index (κ3) is 2.22. The number of carbonyl (C=O) groups is 1. The lowest BCUT2D eigenvalue weighted by Crippen LogP contribution is -2.60. The van der Waals surface area contributed by atoms with Crippen LogP contribution in [0.2, 0.25) is 0 Å². The van der Waals surface area contributed by atoms with Crippen molar-refractivity contribution in [2.24, 2.45) is 11.3 Å². The van der Waals surface area contributed by atoms with Gasteiger partial charge in [0.2, 0.25) is 0 Å². The van der Waals surface area contributed by atoms with Gasteiger partial charge in [-0.1, -0.05) is 48.4 Å². The van der Waals surface area contributed by atoms with Gasteiger partial charge in [-0.3, -0.25) is 4.79 Å². The third-order valence-corrected chi connectivity index (χ3v) is 5.20. The number of ether oxygens (including phenoxy) is 2. The van der Waals surface area contributed by atoms with E-state index in [4.69, 9.17) is 15.9 Å². The largest absolute Gasteiger partial charge is 0.452 e. The molecule has 1 saturated carbocycles. The van der Waals surface area contributed by atoms with Gasteiger partial charge in [-0.2, -0.15) is 0 Å². The second-order valence-electron chi connectivity index (χ2n) is 6.56. The average Bonchev–Trinajstić information content (AvgIpc) is 2.50. The Kier molecular flexibility index (Phi) is 3.36. The van der Waals surface area contributed by atoms with Crippen molar-refractivity contribution in [1.82, 2.24) is 0 Å². The molecule has 1 spiro atoms. The number of terminal acetylenes is 1. The predicted molar refractivity (Wildman–Crippen MR) is 87.8 cm³/mol. The van der Waals surface area contributed by atoms with Crippen molar-refractivity contribution >= 4 is 16.7 Å². The molecule has 3 nitrogen and oxygen atoms in total. The summed E-state index contributed by atoms with van der Waals surface area (Å²) < 4.78 is 10.6. The van der Waals surface area contributed by atoms with Crippen molar-refractivity contribution in [2.45, 2.75) is 12.3 Å². The van der Waals surface area contributed by atoms with E-state index >= 15 is 0 Å². The molecule has 1 aliphatic heterocycles. The summed E-state index contributed by atoms with van der Waals surface area (Å²) in [4.78, 5) is 12.3. The zero-order valence-electron chi connectivity index (χ0n) is 12.8. The van der Waals surface area contributed by atoms with Crippen molar-refractivity contribution in [3.63, 3.8) is 0 Å². The van der Waals surface area contributed by atoms with Crippen molar-refractivity contribution < 1.29 is 14.3 Å². The van der Waals surface area contributed by atoms with Gasteiger partial charge < -0.3 is 9.47 Å². The molecule has 0 bridgehead atoms. The molecule has 0 amide bonds. The fraction of sp³-hybridized carbons (Fsp3) is 0.350. The Balaban J connectivity index is 1.67. The van der Waals surface area contributed by atoms with Crippen LogP contribution in [0.5, 0.6) is 0 Å². The Hall–Kier alpha value is -2.31. The van der Waals surface area contributed by atoms with Crippen molar-refractivity contribution in [3.05, 3.63) is 48.0 Å².